The summed E-state index contributed by atoms with van der Waals surface area (Å²) in [4.78, 5) is 0. The highest BCUT2D eigenvalue weighted by molar-refractivity contribution is 9.10. The standard InChI is InChI=1S/C18H29BrO2/c1-3-5-7-9-13-20-16-11-12-18(17(19)15-16)21-14-10-8-6-4-2/h11-12,15H,3-10,13-14H2,1-2H3. The van der Waals surface area contributed by atoms with Crippen molar-refractivity contribution in [3.63, 3.8) is 0 Å². The zero-order chi connectivity index (χ0) is 15.3. The molecule has 0 heterocycles. The Morgan fingerprint density at radius 3 is 2.00 bits per heavy atom. The molecule has 0 saturated carbocycles. The van der Waals surface area contributed by atoms with Gasteiger partial charge in [0.15, 0.2) is 0 Å². The highest BCUT2D eigenvalue weighted by Crippen LogP contribution is 2.29. The van der Waals surface area contributed by atoms with Crippen molar-refractivity contribution in [1.29, 1.82) is 0 Å². The minimum Gasteiger partial charge on any atom is -0.494 e. The summed E-state index contributed by atoms with van der Waals surface area (Å²) < 4.78 is 12.5. The Balaban J connectivity index is 2.27. The van der Waals surface area contributed by atoms with E-state index >= 15 is 0 Å². The van der Waals surface area contributed by atoms with Crippen molar-refractivity contribution in [3.8, 4) is 11.5 Å². The summed E-state index contributed by atoms with van der Waals surface area (Å²) in [6.07, 6.45) is 9.83. The molecule has 0 atom stereocenters. The topological polar surface area (TPSA) is 18.5 Å². The molecule has 0 bridgehead atoms. The second kappa shape index (κ2) is 11.9. The lowest BCUT2D eigenvalue weighted by Gasteiger charge is -2.11. The van der Waals surface area contributed by atoms with Gasteiger partial charge in [-0.3, -0.25) is 0 Å². The predicted molar refractivity (Wildman–Crippen MR) is 93.4 cm³/mol. The molecule has 0 N–H and O–H groups in total. The third-order valence-electron chi connectivity index (χ3n) is 3.43. The van der Waals surface area contributed by atoms with Gasteiger partial charge in [0.2, 0.25) is 0 Å². The molecule has 2 nitrogen and oxygen atoms in total. The Kier molecular flexibility index (Phi) is 10.4. The van der Waals surface area contributed by atoms with Gasteiger partial charge in [-0.1, -0.05) is 52.4 Å². The van der Waals surface area contributed by atoms with Crippen LogP contribution in [0.4, 0.5) is 0 Å². The van der Waals surface area contributed by atoms with E-state index < -0.39 is 0 Å². The minimum atomic E-state index is 0.788. The van der Waals surface area contributed by atoms with E-state index in [-0.39, 0.29) is 0 Å². The van der Waals surface area contributed by atoms with Crippen LogP contribution in [0.3, 0.4) is 0 Å². The SMILES string of the molecule is CCCCCCOc1ccc(OCCCCCC)c(Br)c1. The molecular weight excluding hydrogens is 328 g/mol. The van der Waals surface area contributed by atoms with Crippen molar-refractivity contribution in [3.05, 3.63) is 22.7 Å². The molecule has 21 heavy (non-hydrogen) atoms. The molecule has 1 aromatic rings. The summed E-state index contributed by atoms with van der Waals surface area (Å²) in [6.45, 7) is 6.02. The summed E-state index contributed by atoms with van der Waals surface area (Å²) in [5.41, 5.74) is 0. The van der Waals surface area contributed by atoms with Crippen molar-refractivity contribution in [2.75, 3.05) is 13.2 Å². The maximum absolute atomic E-state index is 5.79. The summed E-state index contributed by atoms with van der Waals surface area (Å²) in [6, 6.07) is 5.98. The second-order valence-corrected chi connectivity index (χ2v) is 6.26. The van der Waals surface area contributed by atoms with Crippen molar-refractivity contribution in [2.45, 2.75) is 65.2 Å². The van der Waals surface area contributed by atoms with Crippen LogP contribution in [0, 0.1) is 0 Å². The lowest BCUT2D eigenvalue weighted by Crippen LogP contribution is -2.00. The zero-order valence-electron chi connectivity index (χ0n) is 13.5. The molecule has 0 aliphatic rings. The first kappa shape index (κ1) is 18.3. The van der Waals surface area contributed by atoms with Crippen LogP contribution < -0.4 is 9.47 Å². The van der Waals surface area contributed by atoms with Crippen molar-refractivity contribution >= 4 is 15.9 Å². The monoisotopic (exact) mass is 356 g/mol. The van der Waals surface area contributed by atoms with Crippen LogP contribution in [0.1, 0.15) is 65.2 Å². The Morgan fingerprint density at radius 2 is 1.43 bits per heavy atom. The molecule has 0 saturated heterocycles. The maximum Gasteiger partial charge on any atom is 0.133 e. The maximum atomic E-state index is 5.79. The van der Waals surface area contributed by atoms with E-state index in [0.29, 0.717) is 0 Å². The van der Waals surface area contributed by atoms with Gasteiger partial charge in [0.05, 0.1) is 17.7 Å². The molecule has 0 aliphatic carbocycles. The normalized spacial score (nSPS) is 10.6. The summed E-state index contributed by atoms with van der Waals surface area (Å²) in [5.74, 6) is 1.82. The molecular formula is C18H29BrO2. The van der Waals surface area contributed by atoms with Gasteiger partial charge in [0.1, 0.15) is 11.5 Å². The minimum absolute atomic E-state index is 0.788. The van der Waals surface area contributed by atoms with Gasteiger partial charge < -0.3 is 9.47 Å². The first-order valence-corrected chi connectivity index (χ1v) is 9.12. The van der Waals surface area contributed by atoms with Gasteiger partial charge in [-0.2, -0.15) is 0 Å². The van der Waals surface area contributed by atoms with Crippen LogP contribution in [0.5, 0.6) is 11.5 Å². The molecule has 0 aromatic heterocycles. The number of benzene rings is 1. The summed E-state index contributed by atoms with van der Waals surface area (Å²) >= 11 is 3.56. The highest BCUT2D eigenvalue weighted by Gasteiger charge is 2.03. The highest BCUT2D eigenvalue weighted by atomic mass is 79.9. The molecule has 120 valence electrons. The summed E-state index contributed by atoms with van der Waals surface area (Å²) in [7, 11) is 0. The van der Waals surface area contributed by atoms with Crippen LogP contribution >= 0.6 is 15.9 Å². The van der Waals surface area contributed by atoms with Crippen LogP contribution in [0.25, 0.3) is 0 Å². The molecule has 1 aromatic carbocycles. The van der Waals surface area contributed by atoms with E-state index in [0.717, 1.165) is 42.0 Å². The van der Waals surface area contributed by atoms with E-state index in [1.807, 2.05) is 18.2 Å². The summed E-state index contributed by atoms with van der Waals surface area (Å²) in [5, 5.41) is 0. The van der Waals surface area contributed by atoms with Gasteiger partial charge in [-0.05, 0) is 47.0 Å². The van der Waals surface area contributed by atoms with Crippen molar-refractivity contribution in [1.82, 2.24) is 0 Å². The third kappa shape index (κ3) is 8.35. The zero-order valence-corrected chi connectivity index (χ0v) is 15.1. The van der Waals surface area contributed by atoms with Gasteiger partial charge in [-0.15, -0.1) is 0 Å². The van der Waals surface area contributed by atoms with Gasteiger partial charge in [-0.25, -0.2) is 0 Å². The molecule has 1 rings (SSSR count). The number of halogens is 1. The van der Waals surface area contributed by atoms with Crippen LogP contribution in [-0.4, -0.2) is 13.2 Å². The first-order valence-electron chi connectivity index (χ1n) is 8.33. The molecule has 0 radical (unpaired) electrons. The quantitative estimate of drug-likeness (QED) is 0.405. The fraction of sp³-hybridized carbons (Fsp3) is 0.667. The van der Waals surface area contributed by atoms with Crippen LogP contribution in [-0.2, 0) is 0 Å². The largest absolute Gasteiger partial charge is 0.494 e. The molecule has 0 aliphatic heterocycles. The lowest BCUT2D eigenvalue weighted by molar-refractivity contribution is 0.295. The van der Waals surface area contributed by atoms with Gasteiger partial charge in [0.25, 0.3) is 0 Å². The van der Waals surface area contributed by atoms with Gasteiger partial charge in [0, 0.05) is 0 Å². The predicted octanol–water partition coefficient (Wildman–Crippen LogP) is 6.37. The van der Waals surface area contributed by atoms with E-state index in [4.69, 9.17) is 9.47 Å². The Morgan fingerprint density at radius 1 is 0.810 bits per heavy atom. The van der Waals surface area contributed by atoms with Gasteiger partial charge >= 0.3 is 0 Å². The molecule has 3 heteroatoms. The van der Waals surface area contributed by atoms with E-state index in [1.165, 1.54) is 38.5 Å². The van der Waals surface area contributed by atoms with E-state index in [1.54, 1.807) is 0 Å². The first-order chi connectivity index (χ1) is 10.3. The Labute approximate surface area is 138 Å². The number of unbranched alkanes of at least 4 members (excludes halogenated alkanes) is 6. The number of hydrogen-bond donors (Lipinski definition) is 0. The molecule has 0 spiro atoms. The number of ether oxygens (including phenoxy) is 2. The second-order valence-electron chi connectivity index (χ2n) is 5.41. The third-order valence-corrected chi connectivity index (χ3v) is 4.05. The fourth-order valence-electron chi connectivity index (χ4n) is 2.12. The molecule has 0 unspecified atom stereocenters. The fourth-order valence-corrected chi connectivity index (χ4v) is 2.59. The Bertz CT molecular complexity index is 379. The van der Waals surface area contributed by atoms with Crippen molar-refractivity contribution < 1.29 is 9.47 Å². The smallest absolute Gasteiger partial charge is 0.133 e. The Hall–Kier alpha value is -0.700. The average Bonchev–Trinajstić information content (AvgIpc) is 2.48. The number of rotatable bonds is 12. The van der Waals surface area contributed by atoms with E-state index in [2.05, 4.69) is 29.8 Å². The van der Waals surface area contributed by atoms with Crippen LogP contribution in [0.2, 0.25) is 0 Å². The number of hydrogen-bond acceptors (Lipinski definition) is 2. The van der Waals surface area contributed by atoms with Crippen molar-refractivity contribution in [2.24, 2.45) is 0 Å². The van der Waals surface area contributed by atoms with Crippen LogP contribution in [0.15, 0.2) is 22.7 Å². The molecule has 0 amide bonds. The lowest BCUT2D eigenvalue weighted by atomic mass is 10.2. The van der Waals surface area contributed by atoms with E-state index in [9.17, 15) is 0 Å². The average molecular weight is 357 g/mol. The molecule has 0 fully saturated rings.